The van der Waals surface area contributed by atoms with E-state index in [1.165, 1.54) is 42.1 Å². The average Bonchev–Trinajstić information content (AvgIpc) is 3.51. The molecule has 65 heavy (non-hydrogen) atoms. The molecule has 24 nitrogen and oxygen atoms in total. The number of phenolic OH excluding ortho intramolecular Hbond substituents is 2. The molecule has 27 heteroatoms. The molecular formula is C38H40N8O16S3. The number of hydrogen-bond acceptors (Lipinski definition) is 19. The number of aryl methyl sites for hydroxylation is 1. The van der Waals surface area contributed by atoms with Crippen LogP contribution in [0.2, 0.25) is 0 Å². The van der Waals surface area contributed by atoms with Crippen LogP contribution in [-0.2, 0) is 42.8 Å². The number of hydrazine groups is 1. The normalized spacial score (nSPS) is 12.8. The second-order valence-electron chi connectivity index (χ2n) is 14.9. The molecule has 5 aromatic carbocycles. The number of rotatable bonds is 16. The fraction of sp³-hybridized carbons (Fsp3) is 0.237. The van der Waals surface area contributed by atoms with E-state index in [2.05, 4.69) is 36.4 Å². The lowest BCUT2D eigenvalue weighted by Crippen LogP contribution is -2.15. The van der Waals surface area contributed by atoms with Crippen molar-refractivity contribution in [2.45, 2.75) is 40.9 Å². The fourth-order valence-electron chi connectivity index (χ4n) is 6.36. The molecule has 0 spiro atoms. The number of aliphatic hydroxyl groups excluding tert-OH is 2. The van der Waals surface area contributed by atoms with Crippen LogP contribution in [-0.4, -0.2) is 95.5 Å². The molecule has 1 aromatic heterocycles. The zero-order valence-corrected chi connectivity index (χ0v) is 36.8. The lowest BCUT2D eigenvalue weighted by Gasteiger charge is -2.19. The number of phenols is 2. The van der Waals surface area contributed by atoms with Gasteiger partial charge in [-0.3, -0.25) is 39.1 Å². The number of ether oxygens (including phenoxy) is 2. The summed E-state index contributed by atoms with van der Waals surface area (Å²) >= 11 is 0. The summed E-state index contributed by atoms with van der Waals surface area (Å²) in [5.41, 5.74) is 3.89. The standard InChI is InChI=1S/C38H40N8O16S3/c1-38(2,3)36-34(37(51)46(4)45-36)44-39-20-5-6-22-19(13-20)14-31(65(58,59)60)33(35(22)50)43-42-26-18-28(61-11-9-47)25(17-29(26)62-12-10-48)41-40-24-7-8-30(64(55,56)57)23-15-21(63(52,53)54)16-27(49)32(23)24/h5-8,13-18,42-43,45,47-50H,9-12H2,1-4H3,(H,52,53,54)(H,55,56,57)(H,58,59,60). The number of aromatic hydroxyl groups is 2. The third kappa shape index (κ3) is 10.3. The Bertz CT molecular complexity index is 3330. The third-order valence-corrected chi connectivity index (χ3v) is 11.9. The van der Waals surface area contributed by atoms with Crippen LogP contribution < -0.4 is 25.9 Å². The van der Waals surface area contributed by atoms with E-state index in [4.69, 9.17) is 9.47 Å². The van der Waals surface area contributed by atoms with Crippen LogP contribution >= 0.6 is 0 Å². The topological polar surface area (TPSA) is 374 Å². The van der Waals surface area contributed by atoms with Crippen LogP contribution in [0.5, 0.6) is 23.0 Å². The predicted molar refractivity (Wildman–Crippen MR) is 233 cm³/mol. The molecule has 0 unspecified atom stereocenters. The Hall–Kier alpha value is -6.72. The Kier molecular flexibility index (Phi) is 13.3. The van der Waals surface area contributed by atoms with Gasteiger partial charge in [-0.25, -0.2) is 0 Å². The Morgan fingerprint density at radius 3 is 1.97 bits per heavy atom. The van der Waals surface area contributed by atoms with E-state index < -0.39 is 97.2 Å². The molecule has 0 bridgehead atoms. The molecule has 0 radical (unpaired) electrons. The molecule has 0 amide bonds. The summed E-state index contributed by atoms with van der Waals surface area (Å²) in [6.07, 6.45) is 0. The molecule has 10 N–H and O–H groups in total. The summed E-state index contributed by atoms with van der Waals surface area (Å²) in [6, 6.07) is 10.8. The number of benzene rings is 5. The number of nitrogens with zero attached hydrogens (tertiary/aromatic N) is 5. The first kappa shape index (κ1) is 47.8. The van der Waals surface area contributed by atoms with E-state index in [-0.39, 0.29) is 63.9 Å². The maximum atomic E-state index is 12.8. The van der Waals surface area contributed by atoms with E-state index >= 15 is 0 Å². The highest BCUT2D eigenvalue weighted by atomic mass is 32.2. The summed E-state index contributed by atoms with van der Waals surface area (Å²) < 4.78 is 116. The summed E-state index contributed by atoms with van der Waals surface area (Å²) in [6.45, 7) is 3.92. The Morgan fingerprint density at radius 1 is 0.708 bits per heavy atom. The average molecular weight is 961 g/mol. The first-order chi connectivity index (χ1) is 30.3. The smallest absolute Gasteiger partial charge is 0.296 e. The van der Waals surface area contributed by atoms with Crippen LogP contribution in [0.15, 0.2) is 101 Å². The molecule has 6 rings (SSSR count). The number of aromatic amines is 1. The summed E-state index contributed by atoms with van der Waals surface area (Å²) in [5, 5.41) is 60.0. The van der Waals surface area contributed by atoms with Crippen LogP contribution in [0.3, 0.4) is 0 Å². The monoisotopic (exact) mass is 960 g/mol. The van der Waals surface area contributed by atoms with E-state index in [9.17, 15) is 64.1 Å². The largest absolute Gasteiger partial charge is 0.507 e. The van der Waals surface area contributed by atoms with Crippen molar-refractivity contribution in [2.24, 2.45) is 27.5 Å². The van der Waals surface area contributed by atoms with Gasteiger partial charge in [0.15, 0.2) is 5.69 Å². The Balaban J connectivity index is 1.41. The molecule has 1 heterocycles. The van der Waals surface area contributed by atoms with Gasteiger partial charge in [-0.15, -0.1) is 15.3 Å². The van der Waals surface area contributed by atoms with E-state index in [1.54, 1.807) is 0 Å². The van der Waals surface area contributed by atoms with Gasteiger partial charge in [0, 0.05) is 41.4 Å². The van der Waals surface area contributed by atoms with Gasteiger partial charge in [0.25, 0.3) is 35.9 Å². The molecule has 0 saturated heterocycles. The van der Waals surface area contributed by atoms with Crippen LogP contribution in [0, 0.1) is 0 Å². The van der Waals surface area contributed by atoms with Crippen LogP contribution in [0.4, 0.5) is 34.1 Å². The van der Waals surface area contributed by atoms with Crippen molar-refractivity contribution in [1.29, 1.82) is 0 Å². The Labute approximate surface area is 368 Å². The summed E-state index contributed by atoms with van der Waals surface area (Å²) in [7, 11) is -13.6. The van der Waals surface area contributed by atoms with Crippen molar-refractivity contribution < 1.29 is 68.8 Å². The van der Waals surface area contributed by atoms with Crippen molar-refractivity contribution in [1.82, 2.24) is 9.78 Å². The molecule has 0 aliphatic heterocycles. The van der Waals surface area contributed by atoms with E-state index in [0.29, 0.717) is 17.8 Å². The number of hydrogen-bond donors (Lipinski definition) is 10. The maximum Gasteiger partial charge on any atom is 0.296 e. The zero-order chi connectivity index (χ0) is 47.8. The summed E-state index contributed by atoms with van der Waals surface area (Å²) in [5.74, 6) is -1.85. The highest BCUT2D eigenvalue weighted by Gasteiger charge is 2.26. The molecule has 0 saturated carbocycles. The van der Waals surface area contributed by atoms with Crippen molar-refractivity contribution in [3.05, 3.63) is 76.7 Å². The maximum absolute atomic E-state index is 12.8. The quantitative estimate of drug-likeness (QED) is 0.0248. The van der Waals surface area contributed by atoms with Gasteiger partial charge >= 0.3 is 0 Å². The molecule has 0 fully saturated rings. The van der Waals surface area contributed by atoms with Gasteiger partial charge in [0.1, 0.15) is 57.4 Å². The van der Waals surface area contributed by atoms with Crippen LogP contribution in [0.25, 0.3) is 21.5 Å². The van der Waals surface area contributed by atoms with Crippen molar-refractivity contribution in [2.75, 3.05) is 37.3 Å². The van der Waals surface area contributed by atoms with Crippen molar-refractivity contribution >= 4 is 86.0 Å². The third-order valence-electron chi connectivity index (χ3n) is 9.30. The summed E-state index contributed by atoms with van der Waals surface area (Å²) in [4.78, 5) is 10.2. The Morgan fingerprint density at radius 2 is 1.35 bits per heavy atom. The number of aliphatic hydroxyl groups is 2. The molecular weight excluding hydrogens is 921 g/mol. The minimum absolute atomic E-state index is 0.0525. The minimum atomic E-state index is -5.09. The predicted octanol–water partition coefficient (Wildman–Crippen LogP) is 5.48. The van der Waals surface area contributed by atoms with Gasteiger partial charge in [0.2, 0.25) is 0 Å². The number of azo groups is 2. The number of nitrogens with one attached hydrogen (secondary N) is 3. The number of anilines is 2. The lowest BCUT2D eigenvalue weighted by molar-refractivity contribution is 0.199. The van der Waals surface area contributed by atoms with Crippen LogP contribution in [0.1, 0.15) is 26.5 Å². The van der Waals surface area contributed by atoms with E-state index in [0.717, 1.165) is 18.2 Å². The molecule has 0 aliphatic rings. The highest BCUT2D eigenvalue weighted by molar-refractivity contribution is 7.86. The lowest BCUT2D eigenvalue weighted by atomic mass is 9.91. The van der Waals surface area contributed by atoms with Gasteiger partial charge in [-0.2, -0.15) is 30.4 Å². The molecule has 346 valence electrons. The van der Waals surface area contributed by atoms with E-state index in [1.807, 2.05) is 20.8 Å². The minimum Gasteiger partial charge on any atom is -0.507 e. The number of H-pyrrole nitrogens is 1. The van der Waals surface area contributed by atoms with Gasteiger partial charge in [-0.05, 0) is 47.9 Å². The van der Waals surface area contributed by atoms with Gasteiger partial charge in [0.05, 0.1) is 46.3 Å². The second kappa shape index (κ2) is 18.0. The number of aromatic nitrogens is 2. The fourth-order valence-corrected chi connectivity index (χ4v) is 8.24. The number of fused-ring (bicyclic) bond motifs is 2. The SMILES string of the molecule is Cn1[nH]c(C(C)(C)C)c(N=Nc2ccc3c(O)c(NNc4cc(OCCO)c(N=Nc5ccc(S(=O)(=O)O)c6cc(S(=O)(=O)O)cc(O)c56)cc4OCCO)c(S(=O)(=O)O)cc3c2)c1=O. The zero-order valence-electron chi connectivity index (χ0n) is 34.4. The molecule has 0 atom stereocenters. The first-order valence-corrected chi connectivity index (χ1v) is 23.0. The molecule has 0 aliphatic carbocycles. The molecule has 6 aromatic rings. The second-order valence-corrected chi connectivity index (χ2v) is 19.1. The van der Waals surface area contributed by atoms with Crippen molar-refractivity contribution in [3.63, 3.8) is 0 Å². The highest BCUT2D eigenvalue weighted by Crippen LogP contribution is 2.44. The van der Waals surface area contributed by atoms with Gasteiger partial charge in [-0.1, -0.05) is 20.8 Å². The van der Waals surface area contributed by atoms with Crippen molar-refractivity contribution in [3.8, 4) is 23.0 Å². The van der Waals surface area contributed by atoms with Gasteiger partial charge < -0.3 is 29.9 Å². The first-order valence-electron chi connectivity index (χ1n) is 18.7.